The molecule has 0 amide bonds. The molecule has 0 radical (unpaired) electrons. The van der Waals surface area contributed by atoms with E-state index in [1.807, 2.05) is 12.1 Å². The van der Waals surface area contributed by atoms with Gasteiger partial charge >= 0.3 is 0 Å². The summed E-state index contributed by atoms with van der Waals surface area (Å²) in [5.41, 5.74) is 8.34. The molecule has 20 heavy (non-hydrogen) atoms. The maximum atomic E-state index is 6.01. The van der Waals surface area contributed by atoms with E-state index in [2.05, 4.69) is 43.2 Å². The molecule has 0 heterocycles. The fourth-order valence-corrected chi connectivity index (χ4v) is 2.70. The number of aliphatic imine (C=N–C) groups is 1. The van der Waals surface area contributed by atoms with Crippen molar-refractivity contribution in [2.24, 2.45) is 16.1 Å². The van der Waals surface area contributed by atoms with Crippen molar-refractivity contribution in [2.45, 2.75) is 45.8 Å². The molecule has 1 fully saturated rings. The second kappa shape index (κ2) is 5.83. The highest BCUT2D eigenvalue weighted by Crippen LogP contribution is 2.44. The Kier molecular flexibility index (Phi) is 4.33. The second-order valence-corrected chi connectivity index (χ2v) is 5.99. The average molecular weight is 275 g/mol. The summed E-state index contributed by atoms with van der Waals surface area (Å²) >= 11 is 0. The van der Waals surface area contributed by atoms with Crippen molar-refractivity contribution in [1.82, 2.24) is 0 Å². The van der Waals surface area contributed by atoms with Crippen LogP contribution < -0.4 is 11.1 Å². The Morgan fingerprint density at radius 2 is 2.25 bits per heavy atom. The van der Waals surface area contributed by atoms with Crippen LogP contribution in [0.3, 0.4) is 0 Å². The third-order valence-electron chi connectivity index (χ3n) is 4.31. The van der Waals surface area contributed by atoms with E-state index in [1.165, 1.54) is 5.56 Å². The number of aryl methyl sites for hydroxylation is 1. The first-order valence-corrected chi connectivity index (χ1v) is 7.19. The summed E-state index contributed by atoms with van der Waals surface area (Å²) in [5.74, 6) is 0.478. The molecular weight excluding hydrogens is 250 g/mol. The minimum absolute atomic E-state index is 0.0479. The van der Waals surface area contributed by atoms with Gasteiger partial charge in [0.05, 0.1) is 12.1 Å². The predicted octanol–water partition coefficient (Wildman–Crippen LogP) is 2.79. The predicted molar refractivity (Wildman–Crippen MR) is 84.0 cm³/mol. The number of nitrogens with one attached hydrogen (secondary N) is 1. The standard InChI is InChI=1S/C16H25N3O/c1-5-11-7-6-8-12(9-11)18-15(17)19-13-10-14(20-4)16(13,2)3/h6-9,13-14H,5,10H2,1-4H3,(H3,17,18,19). The maximum absolute atomic E-state index is 6.01. The summed E-state index contributed by atoms with van der Waals surface area (Å²) in [5, 5.41) is 3.17. The lowest BCUT2D eigenvalue weighted by Gasteiger charge is -2.48. The Morgan fingerprint density at radius 3 is 2.85 bits per heavy atom. The molecule has 2 rings (SSSR count). The van der Waals surface area contributed by atoms with Gasteiger partial charge in [0.25, 0.3) is 0 Å². The van der Waals surface area contributed by atoms with Gasteiger partial charge in [-0.05, 0) is 30.5 Å². The highest BCUT2D eigenvalue weighted by atomic mass is 16.5. The number of anilines is 1. The van der Waals surface area contributed by atoms with Crippen LogP contribution in [-0.2, 0) is 11.2 Å². The highest BCUT2D eigenvalue weighted by Gasteiger charge is 2.48. The number of methoxy groups -OCH3 is 1. The van der Waals surface area contributed by atoms with Gasteiger partial charge in [-0.2, -0.15) is 0 Å². The van der Waals surface area contributed by atoms with E-state index in [0.29, 0.717) is 5.96 Å². The van der Waals surface area contributed by atoms with Crippen LogP contribution >= 0.6 is 0 Å². The Morgan fingerprint density at radius 1 is 1.50 bits per heavy atom. The van der Waals surface area contributed by atoms with Crippen LogP contribution in [0.2, 0.25) is 0 Å². The molecule has 110 valence electrons. The van der Waals surface area contributed by atoms with Crippen LogP contribution in [0.1, 0.15) is 32.8 Å². The Hall–Kier alpha value is -1.55. The molecule has 1 aliphatic carbocycles. The summed E-state index contributed by atoms with van der Waals surface area (Å²) in [6.07, 6.45) is 2.21. The maximum Gasteiger partial charge on any atom is 0.193 e. The summed E-state index contributed by atoms with van der Waals surface area (Å²) in [6, 6.07) is 8.46. The third-order valence-corrected chi connectivity index (χ3v) is 4.31. The molecule has 0 bridgehead atoms. The smallest absolute Gasteiger partial charge is 0.193 e. The van der Waals surface area contributed by atoms with Gasteiger partial charge in [-0.25, -0.2) is 4.99 Å². The van der Waals surface area contributed by atoms with E-state index in [4.69, 9.17) is 10.5 Å². The van der Waals surface area contributed by atoms with Gasteiger partial charge < -0.3 is 15.8 Å². The first-order chi connectivity index (χ1) is 9.47. The molecule has 1 aromatic rings. The Balaban J connectivity index is 2.01. The molecule has 4 heteroatoms. The van der Waals surface area contributed by atoms with Gasteiger partial charge in [0.1, 0.15) is 0 Å². The van der Waals surface area contributed by atoms with Gasteiger partial charge in [-0.3, -0.25) is 0 Å². The van der Waals surface area contributed by atoms with E-state index in [1.54, 1.807) is 7.11 Å². The van der Waals surface area contributed by atoms with E-state index < -0.39 is 0 Å². The number of ether oxygens (including phenoxy) is 1. The molecule has 0 aromatic heterocycles. The minimum Gasteiger partial charge on any atom is -0.381 e. The van der Waals surface area contributed by atoms with Crippen LogP contribution in [-0.4, -0.2) is 25.2 Å². The minimum atomic E-state index is 0.0479. The van der Waals surface area contributed by atoms with Gasteiger partial charge in [-0.1, -0.05) is 32.9 Å². The fourth-order valence-electron chi connectivity index (χ4n) is 2.70. The summed E-state index contributed by atoms with van der Waals surface area (Å²) in [4.78, 5) is 4.59. The zero-order chi connectivity index (χ0) is 14.8. The third kappa shape index (κ3) is 2.96. The van der Waals surface area contributed by atoms with Crippen LogP contribution in [0, 0.1) is 5.41 Å². The Bertz CT molecular complexity index is 496. The van der Waals surface area contributed by atoms with Gasteiger partial charge in [0.15, 0.2) is 5.96 Å². The lowest BCUT2D eigenvalue weighted by Crippen LogP contribution is -2.54. The van der Waals surface area contributed by atoms with E-state index in [-0.39, 0.29) is 17.6 Å². The Labute approximate surface area is 121 Å². The lowest BCUT2D eigenvalue weighted by molar-refractivity contribution is -0.0850. The summed E-state index contributed by atoms with van der Waals surface area (Å²) in [6.45, 7) is 6.48. The van der Waals surface area contributed by atoms with E-state index >= 15 is 0 Å². The lowest BCUT2D eigenvalue weighted by atomic mass is 9.65. The zero-order valence-electron chi connectivity index (χ0n) is 12.8. The van der Waals surface area contributed by atoms with Crippen molar-refractivity contribution in [3.05, 3.63) is 29.8 Å². The topological polar surface area (TPSA) is 59.6 Å². The average Bonchev–Trinajstić information content (AvgIpc) is 2.43. The number of nitrogens with two attached hydrogens (primary N) is 1. The van der Waals surface area contributed by atoms with Gasteiger partial charge in [-0.15, -0.1) is 0 Å². The zero-order valence-corrected chi connectivity index (χ0v) is 12.8. The molecule has 1 aliphatic rings. The van der Waals surface area contributed by atoms with E-state index in [0.717, 1.165) is 18.5 Å². The molecule has 0 spiro atoms. The number of hydrogen-bond donors (Lipinski definition) is 2. The summed E-state index contributed by atoms with van der Waals surface area (Å²) in [7, 11) is 1.75. The molecule has 2 atom stereocenters. The molecule has 1 aromatic carbocycles. The van der Waals surface area contributed by atoms with Crippen molar-refractivity contribution in [3.8, 4) is 0 Å². The number of benzene rings is 1. The summed E-state index contributed by atoms with van der Waals surface area (Å²) < 4.78 is 5.43. The molecule has 1 saturated carbocycles. The molecule has 2 unspecified atom stereocenters. The van der Waals surface area contributed by atoms with E-state index in [9.17, 15) is 0 Å². The van der Waals surface area contributed by atoms with Crippen LogP contribution in [0.4, 0.5) is 5.69 Å². The molecule has 0 aliphatic heterocycles. The number of guanidine groups is 1. The quantitative estimate of drug-likeness (QED) is 0.656. The number of rotatable bonds is 4. The van der Waals surface area contributed by atoms with Crippen molar-refractivity contribution < 1.29 is 4.74 Å². The first-order valence-electron chi connectivity index (χ1n) is 7.19. The largest absolute Gasteiger partial charge is 0.381 e. The van der Waals surface area contributed by atoms with Crippen molar-refractivity contribution >= 4 is 11.6 Å². The molecule has 0 saturated heterocycles. The van der Waals surface area contributed by atoms with Crippen molar-refractivity contribution in [1.29, 1.82) is 0 Å². The molecular formula is C16H25N3O. The van der Waals surface area contributed by atoms with Crippen LogP contribution in [0.25, 0.3) is 0 Å². The number of hydrogen-bond acceptors (Lipinski definition) is 2. The van der Waals surface area contributed by atoms with Gasteiger partial charge in [0.2, 0.25) is 0 Å². The SMILES string of the molecule is CCc1cccc(NC(N)=NC2CC(OC)C2(C)C)c1. The fraction of sp³-hybridized carbons (Fsp3) is 0.562. The van der Waals surface area contributed by atoms with Crippen LogP contribution in [0.15, 0.2) is 29.3 Å². The second-order valence-electron chi connectivity index (χ2n) is 5.99. The highest BCUT2D eigenvalue weighted by molar-refractivity contribution is 5.92. The van der Waals surface area contributed by atoms with Crippen LogP contribution in [0.5, 0.6) is 0 Å². The molecule has 3 N–H and O–H groups in total. The van der Waals surface area contributed by atoms with Crippen molar-refractivity contribution in [3.63, 3.8) is 0 Å². The monoisotopic (exact) mass is 275 g/mol. The van der Waals surface area contributed by atoms with Crippen molar-refractivity contribution in [2.75, 3.05) is 12.4 Å². The first kappa shape index (κ1) is 14.9. The normalized spacial score (nSPS) is 25.1. The van der Waals surface area contributed by atoms with Gasteiger partial charge in [0, 0.05) is 18.2 Å². The molecule has 4 nitrogen and oxygen atoms in total. The number of nitrogens with zero attached hydrogens (tertiary/aromatic N) is 1.